The molecule has 0 aliphatic rings. The molecule has 0 bridgehead atoms. The maximum absolute atomic E-state index is 10.7. The van der Waals surface area contributed by atoms with Crippen molar-refractivity contribution in [2.24, 2.45) is 0 Å². The topological polar surface area (TPSA) is 81.8 Å². The van der Waals surface area contributed by atoms with Crippen molar-refractivity contribution in [2.75, 3.05) is 13.2 Å². The third-order valence-corrected chi connectivity index (χ3v) is 4.42. The minimum Gasteiger partial charge on any atom is -0.493 e. The van der Waals surface area contributed by atoms with Gasteiger partial charge in [-0.2, -0.15) is 0 Å². The van der Waals surface area contributed by atoms with Gasteiger partial charge < -0.3 is 19.0 Å². The number of aryl methyl sites for hydroxylation is 2. The number of oxazole rings is 1. The number of hydrogen-bond donors (Lipinski definition) is 1. The second kappa shape index (κ2) is 9.78. The first-order valence-electron chi connectivity index (χ1n) is 9.69. The average Bonchev–Trinajstić information content (AvgIpc) is 3.09. The van der Waals surface area contributed by atoms with E-state index in [0.29, 0.717) is 24.7 Å². The van der Waals surface area contributed by atoms with Crippen molar-refractivity contribution >= 4 is 5.97 Å². The van der Waals surface area contributed by atoms with E-state index in [1.54, 1.807) is 6.07 Å². The van der Waals surface area contributed by atoms with Crippen molar-refractivity contribution in [3.8, 4) is 23.0 Å². The van der Waals surface area contributed by atoms with Crippen LogP contribution in [-0.2, 0) is 17.6 Å². The molecule has 3 rings (SSSR count). The molecule has 0 saturated carbocycles. The highest BCUT2D eigenvalue weighted by atomic mass is 16.5. The Hall–Kier alpha value is -3.28. The van der Waals surface area contributed by atoms with Crippen molar-refractivity contribution in [1.29, 1.82) is 0 Å². The van der Waals surface area contributed by atoms with Crippen LogP contribution >= 0.6 is 0 Å². The molecule has 0 amide bonds. The lowest BCUT2D eigenvalue weighted by Gasteiger charge is -2.13. The summed E-state index contributed by atoms with van der Waals surface area (Å²) in [6, 6.07) is 15.2. The van der Waals surface area contributed by atoms with Crippen LogP contribution in [0.15, 0.2) is 52.9 Å². The molecule has 6 heteroatoms. The first-order chi connectivity index (χ1) is 14.1. The van der Waals surface area contributed by atoms with E-state index >= 15 is 0 Å². The van der Waals surface area contributed by atoms with Crippen molar-refractivity contribution in [2.45, 2.75) is 33.1 Å². The molecule has 3 aromatic rings. The van der Waals surface area contributed by atoms with Crippen LogP contribution in [0.3, 0.4) is 0 Å². The molecule has 0 fully saturated rings. The van der Waals surface area contributed by atoms with Gasteiger partial charge in [-0.1, -0.05) is 31.5 Å². The van der Waals surface area contributed by atoms with Gasteiger partial charge in [-0.05, 0) is 49.2 Å². The highest BCUT2D eigenvalue weighted by Gasteiger charge is 2.12. The van der Waals surface area contributed by atoms with Gasteiger partial charge >= 0.3 is 5.97 Å². The van der Waals surface area contributed by atoms with Crippen LogP contribution in [0.4, 0.5) is 0 Å². The monoisotopic (exact) mass is 395 g/mol. The Morgan fingerprint density at radius 1 is 1.10 bits per heavy atom. The van der Waals surface area contributed by atoms with Crippen molar-refractivity contribution in [1.82, 2.24) is 4.98 Å². The Bertz CT molecular complexity index is 949. The Morgan fingerprint density at radius 2 is 1.90 bits per heavy atom. The van der Waals surface area contributed by atoms with E-state index in [2.05, 4.69) is 11.9 Å². The number of rotatable bonds is 10. The standard InChI is InChI=1S/C23H25NO5/c1-3-7-18-14-19(28-15-22(25)26)10-11-21(18)27-13-12-20-16(2)29-23(24-20)17-8-5-4-6-9-17/h4-6,8-11,14H,3,7,12-13,15H2,1-2H3,(H,25,26). The number of carboxylic acid groups (broad SMARTS) is 1. The van der Waals surface area contributed by atoms with Gasteiger partial charge in [0.15, 0.2) is 6.61 Å². The summed E-state index contributed by atoms with van der Waals surface area (Å²) in [6.45, 7) is 4.10. The Balaban J connectivity index is 1.64. The summed E-state index contributed by atoms with van der Waals surface area (Å²) in [7, 11) is 0. The Labute approximate surface area is 170 Å². The normalized spacial score (nSPS) is 10.7. The number of benzene rings is 2. The van der Waals surface area contributed by atoms with Crippen LogP contribution in [-0.4, -0.2) is 29.3 Å². The van der Waals surface area contributed by atoms with Crippen LogP contribution in [0, 0.1) is 6.92 Å². The minimum absolute atomic E-state index is 0.360. The smallest absolute Gasteiger partial charge is 0.341 e. The van der Waals surface area contributed by atoms with Crippen molar-refractivity contribution in [3.63, 3.8) is 0 Å². The number of aliphatic carboxylic acids is 1. The Kier molecular flexibility index (Phi) is 6.89. The van der Waals surface area contributed by atoms with E-state index in [4.69, 9.17) is 19.0 Å². The summed E-state index contributed by atoms with van der Waals surface area (Å²) in [5, 5.41) is 8.76. The summed E-state index contributed by atoms with van der Waals surface area (Å²) in [5.74, 6) is 1.71. The molecule has 0 saturated heterocycles. The highest BCUT2D eigenvalue weighted by molar-refractivity contribution is 5.68. The van der Waals surface area contributed by atoms with Gasteiger partial charge in [0.1, 0.15) is 17.3 Å². The molecule has 2 aromatic carbocycles. The van der Waals surface area contributed by atoms with E-state index in [-0.39, 0.29) is 6.61 Å². The summed E-state index contributed by atoms with van der Waals surface area (Å²) in [5.41, 5.74) is 2.82. The molecule has 0 unspecified atom stereocenters. The molecule has 29 heavy (non-hydrogen) atoms. The number of aromatic nitrogens is 1. The van der Waals surface area contributed by atoms with Crippen molar-refractivity contribution < 1.29 is 23.8 Å². The maximum atomic E-state index is 10.7. The number of carbonyl (C=O) groups is 1. The van der Waals surface area contributed by atoms with Gasteiger partial charge in [0, 0.05) is 12.0 Å². The number of carboxylic acids is 1. The molecule has 1 aromatic heterocycles. The lowest BCUT2D eigenvalue weighted by Crippen LogP contribution is -2.10. The zero-order valence-electron chi connectivity index (χ0n) is 16.7. The lowest BCUT2D eigenvalue weighted by atomic mass is 10.1. The van der Waals surface area contributed by atoms with Gasteiger partial charge in [-0.3, -0.25) is 0 Å². The summed E-state index contributed by atoms with van der Waals surface area (Å²) < 4.78 is 17.1. The van der Waals surface area contributed by atoms with E-state index in [0.717, 1.165) is 41.2 Å². The number of nitrogens with zero attached hydrogens (tertiary/aromatic N) is 1. The second-order valence-electron chi connectivity index (χ2n) is 6.69. The first kappa shape index (κ1) is 20.5. The molecular weight excluding hydrogens is 370 g/mol. The largest absolute Gasteiger partial charge is 0.493 e. The van der Waals surface area contributed by atoms with Crippen LogP contribution in [0.5, 0.6) is 11.5 Å². The quantitative estimate of drug-likeness (QED) is 0.536. The first-order valence-corrected chi connectivity index (χ1v) is 9.69. The third kappa shape index (κ3) is 5.60. The van der Waals surface area contributed by atoms with Crippen LogP contribution in [0.1, 0.15) is 30.4 Å². The minimum atomic E-state index is -1.000. The van der Waals surface area contributed by atoms with E-state index in [1.165, 1.54) is 0 Å². The molecule has 6 nitrogen and oxygen atoms in total. The van der Waals surface area contributed by atoms with E-state index in [1.807, 2.05) is 49.4 Å². The van der Waals surface area contributed by atoms with Gasteiger partial charge in [-0.25, -0.2) is 9.78 Å². The second-order valence-corrected chi connectivity index (χ2v) is 6.69. The molecule has 0 aliphatic heterocycles. The highest BCUT2D eigenvalue weighted by Crippen LogP contribution is 2.26. The van der Waals surface area contributed by atoms with Crippen LogP contribution < -0.4 is 9.47 Å². The van der Waals surface area contributed by atoms with Gasteiger partial charge in [0.2, 0.25) is 5.89 Å². The summed E-state index contributed by atoms with van der Waals surface area (Å²) in [6.07, 6.45) is 2.40. The average molecular weight is 395 g/mol. The van der Waals surface area contributed by atoms with Crippen LogP contribution in [0.25, 0.3) is 11.5 Å². The SMILES string of the molecule is CCCc1cc(OCC(=O)O)ccc1OCCc1nc(-c2ccccc2)oc1C. The number of ether oxygens (including phenoxy) is 2. The molecule has 0 spiro atoms. The fourth-order valence-corrected chi connectivity index (χ4v) is 3.02. The summed E-state index contributed by atoms with van der Waals surface area (Å²) in [4.78, 5) is 15.3. The predicted molar refractivity (Wildman–Crippen MR) is 109 cm³/mol. The molecule has 0 aliphatic carbocycles. The third-order valence-electron chi connectivity index (χ3n) is 4.42. The predicted octanol–water partition coefficient (Wildman–Crippen LogP) is 4.69. The van der Waals surface area contributed by atoms with E-state index < -0.39 is 5.97 Å². The molecule has 0 atom stereocenters. The zero-order chi connectivity index (χ0) is 20.6. The van der Waals surface area contributed by atoms with Gasteiger partial charge in [0.05, 0.1) is 12.3 Å². The van der Waals surface area contributed by atoms with Gasteiger partial charge in [-0.15, -0.1) is 0 Å². The molecular formula is C23H25NO5. The molecule has 0 radical (unpaired) electrons. The van der Waals surface area contributed by atoms with Crippen molar-refractivity contribution in [3.05, 3.63) is 65.5 Å². The molecule has 1 heterocycles. The molecule has 1 N–H and O–H groups in total. The zero-order valence-corrected chi connectivity index (χ0v) is 16.7. The number of hydrogen-bond acceptors (Lipinski definition) is 5. The van der Waals surface area contributed by atoms with Crippen LogP contribution in [0.2, 0.25) is 0 Å². The fourth-order valence-electron chi connectivity index (χ4n) is 3.02. The van der Waals surface area contributed by atoms with Gasteiger partial charge in [0.25, 0.3) is 0 Å². The fraction of sp³-hybridized carbons (Fsp3) is 0.304. The Morgan fingerprint density at radius 3 is 2.62 bits per heavy atom. The lowest BCUT2D eigenvalue weighted by molar-refractivity contribution is -0.139. The molecule has 152 valence electrons. The maximum Gasteiger partial charge on any atom is 0.341 e. The summed E-state index contributed by atoms with van der Waals surface area (Å²) >= 11 is 0. The van der Waals surface area contributed by atoms with E-state index in [9.17, 15) is 4.79 Å².